The van der Waals surface area contributed by atoms with Crippen LogP contribution < -0.4 is 10.1 Å². The van der Waals surface area contributed by atoms with Crippen LogP contribution in [0.5, 0.6) is 5.75 Å². The molecule has 1 aromatic carbocycles. The second kappa shape index (κ2) is 7.13. The second-order valence-corrected chi connectivity index (χ2v) is 5.90. The van der Waals surface area contributed by atoms with E-state index in [2.05, 4.69) is 19.2 Å². The maximum atomic E-state index is 9.74. The molecule has 0 amide bonds. The quantitative estimate of drug-likeness (QED) is 0.805. The van der Waals surface area contributed by atoms with Gasteiger partial charge in [0.15, 0.2) is 0 Å². The first-order valence-corrected chi connectivity index (χ1v) is 7.09. The lowest BCUT2D eigenvalue weighted by Crippen LogP contribution is -2.28. The maximum Gasteiger partial charge on any atom is 0.124 e. The molecule has 0 fully saturated rings. The van der Waals surface area contributed by atoms with E-state index in [0.717, 1.165) is 24.3 Å². The minimum Gasteiger partial charge on any atom is -0.490 e. The molecule has 0 aliphatic heterocycles. The van der Waals surface area contributed by atoms with Gasteiger partial charge in [-0.25, -0.2) is 0 Å². The molecule has 108 valence electrons. The Kier molecular flexibility index (Phi) is 6.11. The third-order valence-electron chi connectivity index (χ3n) is 2.72. The number of rotatable bonds is 7. The summed E-state index contributed by atoms with van der Waals surface area (Å²) < 4.78 is 5.71. The highest BCUT2D eigenvalue weighted by atomic mass is 35.5. The van der Waals surface area contributed by atoms with Crippen molar-refractivity contribution >= 4 is 11.6 Å². The van der Waals surface area contributed by atoms with Crippen molar-refractivity contribution in [2.24, 2.45) is 0 Å². The summed E-state index contributed by atoms with van der Waals surface area (Å²) in [6.07, 6.45) is 1.07. The molecule has 0 aromatic heterocycles. The Labute approximate surface area is 120 Å². The SMILES string of the molecule is CCCNC(C)c1cc(Cl)ccc1OCC(C)(C)O. The van der Waals surface area contributed by atoms with E-state index in [1.54, 1.807) is 19.9 Å². The van der Waals surface area contributed by atoms with E-state index in [9.17, 15) is 5.11 Å². The fraction of sp³-hybridized carbons (Fsp3) is 0.600. The largest absolute Gasteiger partial charge is 0.490 e. The fourth-order valence-electron chi connectivity index (χ4n) is 1.71. The summed E-state index contributed by atoms with van der Waals surface area (Å²) >= 11 is 6.05. The number of nitrogens with one attached hydrogen (secondary N) is 1. The predicted molar refractivity (Wildman–Crippen MR) is 80.0 cm³/mol. The van der Waals surface area contributed by atoms with Crippen molar-refractivity contribution < 1.29 is 9.84 Å². The van der Waals surface area contributed by atoms with Crippen molar-refractivity contribution in [3.8, 4) is 5.75 Å². The number of ether oxygens (including phenoxy) is 1. The molecule has 0 spiro atoms. The van der Waals surface area contributed by atoms with Crippen molar-refractivity contribution in [2.75, 3.05) is 13.2 Å². The molecule has 1 unspecified atom stereocenters. The van der Waals surface area contributed by atoms with E-state index in [1.807, 2.05) is 12.1 Å². The molecule has 19 heavy (non-hydrogen) atoms. The third kappa shape index (κ3) is 5.81. The molecule has 0 saturated carbocycles. The molecule has 0 heterocycles. The van der Waals surface area contributed by atoms with Gasteiger partial charge in [-0.05, 0) is 51.9 Å². The lowest BCUT2D eigenvalue weighted by molar-refractivity contribution is 0.0280. The lowest BCUT2D eigenvalue weighted by Gasteiger charge is -2.22. The number of aliphatic hydroxyl groups is 1. The van der Waals surface area contributed by atoms with Gasteiger partial charge in [0.1, 0.15) is 12.4 Å². The third-order valence-corrected chi connectivity index (χ3v) is 2.95. The molecule has 0 bridgehead atoms. The van der Waals surface area contributed by atoms with Crippen LogP contribution in [0.3, 0.4) is 0 Å². The smallest absolute Gasteiger partial charge is 0.124 e. The Morgan fingerprint density at radius 3 is 2.68 bits per heavy atom. The molecule has 1 aromatic rings. The first-order valence-electron chi connectivity index (χ1n) is 6.71. The van der Waals surface area contributed by atoms with Crippen LogP contribution in [-0.4, -0.2) is 23.9 Å². The molecule has 0 radical (unpaired) electrons. The van der Waals surface area contributed by atoms with E-state index < -0.39 is 5.60 Å². The van der Waals surface area contributed by atoms with Gasteiger partial charge in [-0.1, -0.05) is 18.5 Å². The summed E-state index contributed by atoms with van der Waals surface area (Å²) in [5.74, 6) is 0.766. The van der Waals surface area contributed by atoms with Crippen LogP contribution in [0.4, 0.5) is 0 Å². The molecule has 0 saturated heterocycles. The Balaban J connectivity index is 2.85. The minimum atomic E-state index is -0.850. The highest BCUT2D eigenvalue weighted by molar-refractivity contribution is 6.30. The number of hydrogen-bond donors (Lipinski definition) is 2. The highest BCUT2D eigenvalue weighted by Gasteiger charge is 2.17. The zero-order valence-electron chi connectivity index (χ0n) is 12.2. The van der Waals surface area contributed by atoms with Gasteiger partial charge in [0, 0.05) is 16.6 Å². The Morgan fingerprint density at radius 1 is 1.42 bits per heavy atom. The van der Waals surface area contributed by atoms with Crippen LogP contribution in [0.2, 0.25) is 5.02 Å². The van der Waals surface area contributed by atoms with E-state index in [4.69, 9.17) is 16.3 Å². The van der Waals surface area contributed by atoms with Gasteiger partial charge in [-0.3, -0.25) is 0 Å². The van der Waals surface area contributed by atoms with Gasteiger partial charge in [-0.15, -0.1) is 0 Å². The summed E-state index contributed by atoms with van der Waals surface area (Å²) in [7, 11) is 0. The molecule has 3 nitrogen and oxygen atoms in total. The summed E-state index contributed by atoms with van der Waals surface area (Å²) in [6, 6.07) is 5.73. The Morgan fingerprint density at radius 2 is 2.11 bits per heavy atom. The van der Waals surface area contributed by atoms with E-state index in [1.165, 1.54) is 0 Å². The number of halogens is 1. The first kappa shape index (κ1) is 16.3. The average molecular weight is 286 g/mol. The monoisotopic (exact) mass is 285 g/mol. The van der Waals surface area contributed by atoms with Gasteiger partial charge in [0.05, 0.1) is 5.60 Å². The first-order chi connectivity index (χ1) is 8.83. The van der Waals surface area contributed by atoms with Gasteiger partial charge >= 0.3 is 0 Å². The van der Waals surface area contributed by atoms with Gasteiger partial charge in [0.2, 0.25) is 0 Å². The second-order valence-electron chi connectivity index (χ2n) is 5.46. The number of benzene rings is 1. The molecular formula is C15H24ClNO2. The van der Waals surface area contributed by atoms with Crippen LogP contribution in [0.1, 0.15) is 45.7 Å². The average Bonchev–Trinajstić information content (AvgIpc) is 2.33. The molecule has 1 rings (SSSR count). The van der Waals surface area contributed by atoms with Crippen molar-refractivity contribution in [3.05, 3.63) is 28.8 Å². The normalized spacial score (nSPS) is 13.4. The molecule has 0 aliphatic carbocycles. The van der Waals surface area contributed by atoms with E-state index in [0.29, 0.717) is 5.02 Å². The molecule has 0 aliphatic rings. The van der Waals surface area contributed by atoms with Crippen molar-refractivity contribution in [1.29, 1.82) is 0 Å². The van der Waals surface area contributed by atoms with Crippen LogP contribution in [0.25, 0.3) is 0 Å². The van der Waals surface area contributed by atoms with Crippen molar-refractivity contribution in [3.63, 3.8) is 0 Å². The summed E-state index contributed by atoms with van der Waals surface area (Å²) in [6.45, 7) is 8.85. The summed E-state index contributed by atoms with van der Waals surface area (Å²) in [5, 5.41) is 13.8. The standard InChI is InChI=1S/C15H24ClNO2/c1-5-8-17-11(2)13-9-12(16)6-7-14(13)19-10-15(3,4)18/h6-7,9,11,17-18H,5,8,10H2,1-4H3. The fourth-order valence-corrected chi connectivity index (χ4v) is 1.89. The summed E-state index contributed by atoms with van der Waals surface area (Å²) in [4.78, 5) is 0. The van der Waals surface area contributed by atoms with Crippen LogP contribution >= 0.6 is 11.6 Å². The minimum absolute atomic E-state index is 0.162. The van der Waals surface area contributed by atoms with E-state index >= 15 is 0 Å². The zero-order valence-corrected chi connectivity index (χ0v) is 12.9. The van der Waals surface area contributed by atoms with Gasteiger partial charge in [-0.2, -0.15) is 0 Å². The lowest BCUT2D eigenvalue weighted by atomic mass is 10.1. The molecule has 1 atom stereocenters. The predicted octanol–water partition coefficient (Wildman–Crippen LogP) is 3.55. The maximum absolute atomic E-state index is 9.74. The molecule has 2 N–H and O–H groups in total. The highest BCUT2D eigenvalue weighted by Crippen LogP contribution is 2.29. The molecule has 4 heteroatoms. The van der Waals surface area contributed by atoms with Crippen molar-refractivity contribution in [1.82, 2.24) is 5.32 Å². The van der Waals surface area contributed by atoms with Crippen LogP contribution in [-0.2, 0) is 0 Å². The van der Waals surface area contributed by atoms with Crippen LogP contribution in [0.15, 0.2) is 18.2 Å². The number of hydrogen-bond acceptors (Lipinski definition) is 3. The zero-order chi connectivity index (χ0) is 14.5. The van der Waals surface area contributed by atoms with Gasteiger partial charge < -0.3 is 15.2 Å². The van der Waals surface area contributed by atoms with Crippen LogP contribution in [0, 0.1) is 0 Å². The summed E-state index contributed by atoms with van der Waals surface area (Å²) in [5.41, 5.74) is 0.168. The van der Waals surface area contributed by atoms with Crippen molar-refractivity contribution in [2.45, 2.75) is 45.8 Å². The Bertz CT molecular complexity index is 402. The molecular weight excluding hydrogens is 262 g/mol. The van der Waals surface area contributed by atoms with E-state index in [-0.39, 0.29) is 12.6 Å². The topological polar surface area (TPSA) is 41.5 Å². The van der Waals surface area contributed by atoms with Gasteiger partial charge in [0.25, 0.3) is 0 Å². The Hall–Kier alpha value is -0.770.